The van der Waals surface area contributed by atoms with Gasteiger partial charge in [-0.3, -0.25) is 0 Å². The van der Waals surface area contributed by atoms with E-state index in [1.807, 2.05) is 0 Å². The number of rotatable bonds is 6. The minimum Gasteiger partial charge on any atom is -0.484 e. The number of benzene rings is 1. The molecule has 0 amide bonds. The summed E-state index contributed by atoms with van der Waals surface area (Å²) in [6.07, 6.45) is -0.699. The molecule has 0 heterocycles. The summed E-state index contributed by atoms with van der Waals surface area (Å²) < 4.78 is 41.5. The largest absolute Gasteiger partial charge is 0.484 e. The van der Waals surface area contributed by atoms with Gasteiger partial charge in [0, 0.05) is 12.1 Å². The molecule has 0 aliphatic heterocycles. The van der Waals surface area contributed by atoms with Crippen LogP contribution < -0.4 is 15.8 Å². The van der Waals surface area contributed by atoms with Crippen LogP contribution in [0.1, 0.15) is 24.8 Å². The molecule has 7 heteroatoms. The second kappa shape index (κ2) is 7.38. The van der Waals surface area contributed by atoms with Crippen molar-refractivity contribution < 1.29 is 17.9 Å². The van der Waals surface area contributed by atoms with E-state index in [2.05, 4.69) is 10.3 Å². The van der Waals surface area contributed by atoms with Gasteiger partial charge in [0.05, 0.1) is 6.54 Å². The van der Waals surface area contributed by atoms with Crippen molar-refractivity contribution >= 4 is 5.96 Å². The summed E-state index contributed by atoms with van der Waals surface area (Å²) in [6.45, 7) is -0.345. The number of hydrogen-bond donors (Lipinski definition) is 2. The lowest BCUT2D eigenvalue weighted by Gasteiger charge is -2.25. The van der Waals surface area contributed by atoms with Gasteiger partial charge >= 0.3 is 6.18 Å². The predicted molar refractivity (Wildman–Crippen MR) is 78.7 cm³/mol. The van der Waals surface area contributed by atoms with Crippen molar-refractivity contribution in [1.82, 2.24) is 5.32 Å². The highest BCUT2D eigenvalue weighted by Gasteiger charge is 2.28. The molecule has 122 valence electrons. The lowest BCUT2D eigenvalue weighted by molar-refractivity contribution is -0.153. The highest BCUT2D eigenvalue weighted by Crippen LogP contribution is 2.25. The van der Waals surface area contributed by atoms with Gasteiger partial charge in [-0.15, -0.1) is 0 Å². The number of halogens is 3. The maximum atomic E-state index is 12.2. The van der Waals surface area contributed by atoms with Crippen molar-refractivity contribution in [2.24, 2.45) is 16.6 Å². The molecule has 0 saturated heterocycles. The van der Waals surface area contributed by atoms with Gasteiger partial charge in [-0.05, 0) is 24.8 Å². The van der Waals surface area contributed by atoms with E-state index in [9.17, 15) is 13.2 Å². The molecule has 22 heavy (non-hydrogen) atoms. The average molecular weight is 315 g/mol. The molecule has 1 aliphatic rings. The topological polar surface area (TPSA) is 59.6 Å². The number of nitrogens with two attached hydrogens (primary N) is 1. The monoisotopic (exact) mass is 315 g/mol. The standard InChI is InChI=1S/C15H20F3N3O/c16-15(17,18)10-22-13-7-2-1-6-12(13)9-21-14(19)20-8-11-4-3-5-11/h1-2,6-7,11H,3-5,8-10H2,(H3,19,20,21). The summed E-state index contributed by atoms with van der Waals surface area (Å²) in [6, 6.07) is 6.52. The van der Waals surface area contributed by atoms with Crippen LogP contribution in [0, 0.1) is 5.92 Å². The Labute approximate surface area is 127 Å². The molecule has 2 rings (SSSR count). The lowest BCUT2D eigenvalue weighted by Crippen LogP contribution is -2.37. The number of nitrogens with zero attached hydrogens (tertiary/aromatic N) is 1. The maximum Gasteiger partial charge on any atom is 0.422 e. The van der Waals surface area contributed by atoms with Gasteiger partial charge in [0.2, 0.25) is 0 Å². The van der Waals surface area contributed by atoms with Gasteiger partial charge in [0.25, 0.3) is 0 Å². The fraction of sp³-hybridized carbons (Fsp3) is 0.533. The van der Waals surface area contributed by atoms with E-state index in [4.69, 9.17) is 10.5 Å². The van der Waals surface area contributed by atoms with Crippen molar-refractivity contribution in [3.63, 3.8) is 0 Å². The number of ether oxygens (including phenoxy) is 1. The van der Waals surface area contributed by atoms with E-state index in [0.29, 0.717) is 17.4 Å². The van der Waals surface area contributed by atoms with Gasteiger partial charge in [-0.1, -0.05) is 24.6 Å². The van der Waals surface area contributed by atoms with E-state index >= 15 is 0 Å². The van der Waals surface area contributed by atoms with Crippen molar-refractivity contribution in [3.05, 3.63) is 29.8 Å². The third-order valence-electron chi connectivity index (χ3n) is 3.58. The molecule has 1 aliphatic carbocycles. The Hall–Kier alpha value is -1.92. The third kappa shape index (κ3) is 5.46. The molecule has 3 N–H and O–H groups in total. The van der Waals surface area contributed by atoms with Crippen LogP contribution in [0.15, 0.2) is 29.3 Å². The van der Waals surface area contributed by atoms with Crippen molar-refractivity contribution in [2.75, 3.05) is 13.2 Å². The Morgan fingerprint density at radius 2 is 2.05 bits per heavy atom. The first-order chi connectivity index (χ1) is 10.4. The zero-order chi connectivity index (χ0) is 16.0. The molecule has 0 radical (unpaired) electrons. The molecule has 0 unspecified atom stereocenters. The zero-order valence-electron chi connectivity index (χ0n) is 12.2. The average Bonchev–Trinajstić information content (AvgIpc) is 2.41. The highest BCUT2D eigenvalue weighted by atomic mass is 19.4. The van der Waals surface area contributed by atoms with Crippen molar-refractivity contribution in [1.29, 1.82) is 0 Å². The molecule has 1 aromatic rings. The minimum atomic E-state index is -4.36. The maximum absolute atomic E-state index is 12.2. The smallest absolute Gasteiger partial charge is 0.422 e. The number of guanidine groups is 1. The summed E-state index contributed by atoms with van der Waals surface area (Å²) in [7, 11) is 0. The Kier molecular flexibility index (Phi) is 5.51. The van der Waals surface area contributed by atoms with Crippen LogP contribution in [-0.4, -0.2) is 25.3 Å². The zero-order valence-corrected chi connectivity index (χ0v) is 12.2. The molecular formula is C15H20F3N3O. The number of para-hydroxylation sites is 1. The van der Waals surface area contributed by atoms with Crippen LogP contribution in [-0.2, 0) is 6.54 Å². The van der Waals surface area contributed by atoms with Gasteiger partial charge in [0.1, 0.15) is 5.75 Å². The molecular weight excluding hydrogens is 295 g/mol. The molecule has 1 aromatic carbocycles. The quantitative estimate of drug-likeness (QED) is 0.627. The van der Waals surface area contributed by atoms with Gasteiger partial charge < -0.3 is 15.8 Å². The molecule has 1 fully saturated rings. The Morgan fingerprint density at radius 1 is 1.32 bits per heavy atom. The first kappa shape index (κ1) is 16.5. The van der Waals surface area contributed by atoms with E-state index < -0.39 is 12.8 Å². The molecule has 0 bridgehead atoms. The number of aliphatic imine (C=N–C) groups is 1. The highest BCUT2D eigenvalue weighted by molar-refractivity contribution is 5.77. The summed E-state index contributed by atoms with van der Waals surface area (Å²) in [4.78, 5) is 4.15. The van der Waals surface area contributed by atoms with Gasteiger partial charge in [-0.25, -0.2) is 4.99 Å². The summed E-state index contributed by atoms with van der Waals surface area (Å²) >= 11 is 0. The van der Waals surface area contributed by atoms with Crippen LogP contribution in [0.2, 0.25) is 0 Å². The molecule has 1 saturated carbocycles. The normalized spacial score (nSPS) is 16.2. The predicted octanol–water partition coefficient (Wildman–Crippen LogP) is 2.83. The first-order valence-electron chi connectivity index (χ1n) is 7.25. The van der Waals surface area contributed by atoms with Crippen LogP contribution >= 0.6 is 0 Å². The second-order valence-electron chi connectivity index (χ2n) is 5.39. The first-order valence-corrected chi connectivity index (χ1v) is 7.25. The number of alkyl halides is 3. The summed E-state index contributed by atoms with van der Waals surface area (Å²) in [5.41, 5.74) is 6.33. The Balaban J connectivity index is 1.87. The van der Waals surface area contributed by atoms with Crippen molar-refractivity contribution in [3.8, 4) is 5.75 Å². The SMILES string of the molecule is NC(=NCc1ccccc1OCC(F)(F)F)NCC1CCC1. The molecule has 0 spiro atoms. The van der Waals surface area contributed by atoms with Crippen molar-refractivity contribution in [2.45, 2.75) is 32.0 Å². The number of nitrogens with one attached hydrogen (secondary N) is 1. The van der Waals surface area contributed by atoms with Crippen LogP contribution in [0.5, 0.6) is 5.75 Å². The molecule has 4 nitrogen and oxygen atoms in total. The summed E-state index contributed by atoms with van der Waals surface area (Å²) in [5.74, 6) is 1.13. The Morgan fingerprint density at radius 3 is 2.68 bits per heavy atom. The molecule has 0 aromatic heterocycles. The third-order valence-corrected chi connectivity index (χ3v) is 3.58. The van der Waals surface area contributed by atoms with Gasteiger partial charge in [0.15, 0.2) is 12.6 Å². The van der Waals surface area contributed by atoms with E-state index in [0.717, 1.165) is 6.54 Å². The molecule has 0 atom stereocenters. The minimum absolute atomic E-state index is 0.176. The van der Waals surface area contributed by atoms with Crippen LogP contribution in [0.4, 0.5) is 13.2 Å². The number of hydrogen-bond acceptors (Lipinski definition) is 2. The van der Waals surface area contributed by atoms with E-state index in [-0.39, 0.29) is 12.3 Å². The van der Waals surface area contributed by atoms with E-state index in [1.54, 1.807) is 18.2 Å². The van der Waals surface area contributed by atoms with Gasteiger partial charge in [-0.2, -0.15) is 13.2 Å². The summed E-state index contributed by atoms with van der Waals surface area (Å²) in [5, 5.41) is 3.04. The fourth-order valence-corrected chi connectivity index (χ4v) is 2.11. The Bertz CT molecular complexity index is 513. The second-order valence-corrected chi connectivity index (χ2v) is 5.39. The lowest BCUT2D eigenvalue weighted by atomic mass is 9.85. The fourth-order valence-electron chi connectivity index (χ4n) is 2.11. The van der Waals surface area contributed by atoms with E-state index in [1.165, 1.54) is 25.3 Å². The van der Waals surface area contributed by atoms with Crippen LogP contribution in [0.3, 0.4) is 0 Å². The van der Waals surface area contributed by atoms with Crippen LogP contribution in [0.25, 0.3) is 0 Å².